The van der Waals surface area contributed by atoms with E-state index in [0.717, 1.165) is 11.3 Å². The van der Waals surface area contributed by atoms with E-state index >= 15 is 0 Å². The van der Waals surface area contributed by atoms with Crippen molar-refractivity contribution in [3.63, 3.8) is 0 Å². The van der Waals surface area contributed by atoms with Gasteiger partial charge >= 0.3 is 0 Å². The van der Waals surface area contributed by atoms with Gasteiger partial charge in [-0.3, -0.25) is 4.79 Å². The molecule has 3 nitrogen and oxygen atoms in total. The van der Waals surface area contributed by atoms with Crippen molar-refractivity contribution in [3.05, 3.63) is 58.9 Å². The van der Waals surface area contributed by atoms with E-state index in [1.807, 2.05) is 24.3 Å². The van der Waals surface area contributed by atoms with Crippen LogP contribution in [0.4, 0.5) is 10.1 Å². The van der Waals surface area contributed by atoms with E-state index < -0.39 is 5.82 Å². The first kappa shape index (κ1) is 17.3. The van der Waals surface area contributed by atoms with Crippen LogP contribution in [0.5, 0.6) is 5.75 Å². The van der Waals surface area contributed by atoms with Crippen molar-refractivity contribution in [3.8, 4) is 5.75 Å². The summed E-state index contributed by atoms with van der Waals surface area (Å²) < 4.78 is 18.4. The molecular formula is C18H19ClFNO2. The Balaban J connectivity index is 2.02. The van der Waals surface area contributed by atoms with Crippen LogP contribution in [0.1, 0.15) is 26.3 Å². The number of carbonyl (C=O) groups is 1. The number of amides is 1. The number of para-hydroxylation sites is 1. The fourth-order valence-corrected chi connectivity index (χ4v) is 2.32. The van der Waals surface area contributed by atoms with Gasteiger partial charge in [0.2, 0.25) is 0 Å². The van der Waals surface area contributed by atoms with Crippen molar-refractivity contribution in [2.45, 2.75) is 26.2 Å². The largest absolute Gasteiger partial charge is 0.484 e. The number of ether oxygens (including phenoxy) is 1. The molecule has 0 fully saturated rings. The molecule has 23 heavy (non-hydrogen) atoms. The molecule has 0 atom stereocenters. The molecule has 1 N–H and O–H groups in total. The topological polar surface area (TPSA) is 38.3 Å². The zero-order valence-electron chi connectivity index (χ0n) is 13.3. The Labute approximate surface area is 140 Å². The van der Waals surface area contributed by atoms with Crippen molar-refractivity contribution >= 4 is 23.2 Å². The molecule has 2 aromatic carbocycles. The predicted octanol–water partition coefficient (Wildman–Crippen LogP) is 4.79. The van der Waals surface area contributed by atoms with Gasteiger partial charge in [0.1, 0.15) is 11.6 Å². The number of halogens is 2. The lowest BCUT2D eigenvalue weighted by Gasteiger charge is -2.23. The Kier molecular flexibility index (Phi) is 5.26. The maximum atomic E-state index is 13.1. The summed E-state index contributed by atoms with van der Waals surface area (Å²) in [6.07, 6.45) is 0. The highest BCUT2D eigenvalue weighted by molar-refractivity contribution is 6.30. The minimum absolute atomic E-state index is 0.0408. The van der Waals surface area contributed by atoms with Gasteiger partial charge in [-0.05, 0) is 29.2 Å². The van der Waals surface area contributed by atoms with Gasteiger partial charge in [0.25, 0.3) is 5.91 Å². The standard InChI is InChI=1S/C18H19ClFNO2/c1-18(2,3)13-6-4-5-7-16(13)21-17(22)11-23-12-8-9-15(20)14(19)10-12/h4-10H,11H2,1-3H3,(H,21,22). The molecule has 2 aromatic rings. The minimum Gasteiger partial charge on any atom is -0.484 e. The lowest BCUT2D eigenvalue weighted by Crippen LogP contribution is -2.23. The van der Waals surface area contributed by atoms with Crippen LogP contribution in [0.15, 0.2) is 42.5 Å². The second kappa shape index (κ2) is 7.01. The summed E-state index contributed by atoms with van der Waals surface area (Å²) >= 11 is 5.67. The SMILES string of the molecule is CC(C)(C)c1ccccc1NC(=O)COc1ccc(F)c(Cl)c1. The number of hydrogen-bond donors (Lipinski definition) is 1. The summed E-state index contributed by atoms with van der Waals surface area (Å²) in [4.78, 5) is 12.1. The second-order valence-electron chi connectivity index (χ2n) is 6.21. The molecule has 0 radical (unpaired) electrons. The number of anilines is 1. The van der Waals surface area contributed by atoms with Crippen LogP contribution in [0.25, 0.3) is 0 Å². The highest BCUT2D eigenvalue weighted by Crippen LogP contribution is 2.29. The van der Waals surface area contributed by atoms with Gasteiger partial charge in [-0.15, -0.1) is 0 Å². The van der Waals surface area contributed by atoms with Crippen LogP contribution >= 0.6 is 11.6 Å². The molecule has 0 heterocycles. The molecule has 2 rings (SSSR count). The van der Waals surface area contributed by atoms with Crippen molar-refractivity contribution < 1.29 is 13.9 Å². The average Bonchev–Trinajstić information content (AvgIpc) is 2.48. The van der Waals surface area contributed by atoms with E-state index in [-0.39, 0.29) is 23.0 Å². The highest BCUT2D eigenvalue weighted by atomic mass is 35.5. The zero-order chi connectivity index (χ0) is 17.0. The van der Waals surface area contributed by atoms with Gasteiger partial charge < -0.3 is 10.1 Å². The molecule has 0 unspecified atom stereocenters. The first-order chi connectivity index (χ1) is 10.8. The van der Waals surface area contributed by atoms with Crippen LogP contribution in [-0.2, 0) is 10.2 Å². The average molecular weight is 336 g/mol. The lowest BCUT2D eigenvalue weighted by atomic mass is 9.86. The second-order valence-corrected chi connectivity index (χ2v) is 6.62. The van der Waals surface area contributed by atoms with Crippen LogP contribution in [0, 0.1) is 5.82 Å². The smallest absolute Gasteiger partial charge is 0.262 e. The molecular weight excluding hydrogens is 317 g/mol. The van der Waals surface area contributed by atoms with Crippen LogP contribution in [-0.4, -0.2) is 12.5 Å². The molecule has 0 aliphatic heterocycles. The van der Waals surface area contributed by atoms with Gasteiger partial charge in [0.05, 0.1) is 5.02 Å². The van der Waals surface area contributed by atoms with Crippen LogP contribution in [0.3, 0.4) is 0 Å². The quantitative estimate of drug-likeness (QED) is 0.872. The Bertz CT molecular complexity index is 710. The number of carbonyl (C=O) groups excluding carboxylic acids is 1. The third-order valence-electron chi connectivity index (χ3n) is 3.27. The Morgan fingerprint density at radius 3 is 2.57 bits per heavy atom. The number of nitrogens with one attached hydrogen (secondary N) is 1. The third-order valence-corrected chi connectivity index (χ3v) is 3.56. The summed E-state index contributed by atoms with van der Waals surface area (Å²) in [5.41, 5.74) is 1.71. The third kappa shape index (κ3) is 4.70. The molecule has 0 aliphatic rings. The highest BCUT2D eigenvalue weighted by Gasteiger charge is 2.18. The van der Waals surface area contributed by atoms with Crippen molar-refractivity contribution in [2.24, 2.45) is 0 Å². The van der Waals surface area contributed by atoms with Crippen molar-refractivity contribution in [1.82, 2.24) is 0 Å². The molecule has 122 valence electrons. The Hall–Kier alpha value is -2.07. The summed E-state index contributed by atoms with van der Waals surface area (Å²) in [5.74, 6) is -0.472. The molecule has 5 heteroatoms. The fraction of sp³-hybridized carbons (Fsp3) is 0.278. The maximum Gasteiger partial charge on any atom is 0.262 e. The number of hydrogen-bond acceptors (Lipinski definition) is 2. The molecule has 1 amide bonds. The first-order valence-corrected chi connectivity index (χ1v) is 7.62. The normalized spacial score (nSPS) is 11.2. The van der Waals surface area contributed by atoms with Crippen molar-refractivity contribution in [2.75, 3.05) is 11.9 Å². The maximum absolute atomic E-state index is 13.1. The molecule has 0 aromatic heterocycles. The fourth-order valence-electron chi connectivity index (χ4n) is 2.15. The van der Waals surface area contributed by atoms with Gasteiger partial charge in [-0.2, -0.15) is 0 Å². The summed E-state index contributed by atoms with van der Waals surface area (Å²) in [6.45, 7) is 6.06. The Morgan fingerprint density at radius 1 is 1.22 bits per heavy atom. The van der Waals surface area contributed by atoms with E-state index in [9.17, 15) is 9.18 Å². The molecule has 0 saturated carbocycles. The van der Waals surface area contributed by atoms with E-state index in [4.69, 9.17) is 16.3 Å². The van der Waals surface area contributed by atoms with E-state index in [0.29, 0.717) is 5.75 Å². The van der Waals surface area contributed by atoms with Crippen molar-refractivity contribution in [1.29, 1.82) is 0 Å². The van der Waals surface area contributed by atoms with Gasteiger partial charge in [0.15, 0.2) is 6.61 Å². The Morgan fingerprint density at radius 2 is 1.91 bits per heavy atom. The van der Waals surface area contributed by atoms with E-state index in [1.54, 1.807) is 0 Å². The van der Waals surface area contributed by atoms with E-state index in [1.165, 1.54) is 18.2 Å². The molecule has 0 aliphatic carbocycles. The van der Waals surface area contributed by atoms with Gasteiger partial charge in [-0.25, -0.2) is 4.39 Å². The lowest BCUT2D eigenvalue weighted by molar-refractivity contribution is -0.118. The van der Waals surface area contributed by atoms with Crippen LogP contribution in [0.2, 0.25) is 5.02 Å². The molecule has 0 spiro atoms. The zero-order valence-corrected chi connectivity index (χ0v) is 14.1. The predicted molar refractivity (Wildman–Crippen MR) is 90.7 cm³/mol. The minimum atomic E-state index is -0.525. The van der Waals surface area contributed by atoms with Gasteiger partial charge in [-0.1, -0.05) is 50.6 Å². The summed E-state index contributed by atoms with van der Waals surface area (Å²) in [5, 5.41) is 2.80. The molecule has 0 saturated heterocycles. The monoisotopic (exact) mass is 335 g/mol. The molecule has 0 bridgehead atoms. The first-order valence-electron chi connectivity index (χ1n) is 7.24. The van der Waals surface area contributed by atoms with Crippen LogP contribution < -0.4 is 10.1 Å². The summed E-state index contributed by atoms with van der Waals surface area (Å²) in [6, 6.07) is 11.6. The number of benzene rings is 2. The number of rotatable bonds is 4. The van der Waals surface area contributed by atoms with E-state index in [2.05, 4.69) is 26.1 Å². The summed E-state index contributed by atoms with van der Waals surface area (Å²) in [7, 11) is 0. The van der Waals surface area contributed by atoms with Gasteiger partial charge in [0, 0.05) is 11.8 Å².